The molecule has 0 saturated carbocycles. The Hall–Kier alpha value is -4.12. The molecule has 0 spiro atoms. The summed E-state index contributed by atoms with van der Waals surface area (Å²) in [6, 6.07) is 26.5. The summed E-state index contributed by atoms with van der Waals surface area (Å²) in [7, 11) is 0. The second-order valence-corrected chi connectivity index (χ2v) is 7.83. The van der Waals surface area contributed by atoms with Crippen molar-refractivity contribution >= 4 is 23.2 Å². The molecule has 0 radical (unpaired) electrons. The molecule has 5 rings (SSSR count). The van der Waals surface area contributed by atoms with Gasteiger partial charge in [0, 0.05) is 35.9 Å². The van der Waals surface area contributed by atoms with Crippen LogP contribution in [0.5, 0.6) is 0 Å². The molecule has 1 aromatic heterocycles. The van der Waals surface area contributed by atoms with Crippen molar-refractivity contribution < 1.29 is 9.59 Å². The lowest BCUT2D eigenvalue weighted by molar-refractivity contribution is 0.0984. The van der Waals surface area contributed by atoms with Gasteiger partial charge in [-0.3, -0.25) is 9.59 Å². The van der Waals surface area contributed by atoms with Gasteiger partial charge >= 0.3 is 0 Å². The van der Waals surface area contributed by atoms with E-state index in [1.165, 1.54) is 5.56 Å². The van der Waals surface area contributed by atoms with Crippen LogP contribution < -0.4 is 10.2 Å². The standard InChI is InChI=1S/C27H23N3O2/c31-26(23-10-2-4-12-25(23)29-17-5-6-18-29)28-22-15-13-21(14-16-22)27(32)30-19-7-9-20-8-1-3-11-24(20)30/h1-6,8,10-18H,7,9,19H2,(H,28,31). The van der Waals surface area contributed by atoms with Gasteiger partial charge in [-0.1, -0.05) is 30.3 Å². The maximum Gasteiger partial charge on any atom is 0.258 e. The van der Waals surface area contributed by atoms with E-state index in [0.717, 1.165) is 24.2 Å². The van der Waals surface area contributed by atoms with Crippen LogP contribution >= 0.6 is 0 Å². The molecule has 1 N–H and O–H groups in total. The minimum absolute atomic E-state index is 0.0204. The van der Waals surface area contributed by atoms with E-state index in [-0.39, 0.29) is 11.8 Å². The summed E-state index contributed by atoms with van der Waals surface area (Å²) in [6.45, 7) is 0.713. The van der Waals surface area contributed by atoms with Crippen LogP contribution in [0, 0.1) is 0 Å². The van der Waals surface area contributed by atoms with Crippen molar-refractivity contribution in [1.82, 2.24) is 4.57 Å². The molecule has 2 amide bonds. The van der Waals surface area contributed by atoms with Gasteiger partial charge in [0.2, 0.25) is 0 Å². The fourth-order valence-corrected chi connectivity index (χ4v) is 4.18. The Bertz CT molecular complexity index is 1260. The van der Waals surface area contributed by atoms with Crippen molar-refractivity contribution in [1.29, 1.82) is 0 Å². The largest absolute Gasteiger partial charge is 0.323 e. The van der Waals surface area contributed by atoms with Crippen LogP contribution in [0.2, 0.25) is 0 Å². The first-order valence-corrected chi connectivity index (χ1v) is 10.7. The quantitative estimate of drug-likeness (QED) is 0.485. The van der Waals surface area contributed by atoms with Crippen molar-refractivity contribution in [3.8, 4) is 5.69 Å². The maximum absolute atomic E-state index is 13.1. The number of nitrogens with zero attached hydrogens (tertiary/aromatic N) is 2. The maximum atomic E-state index is 13.1. The van der Waals surface area contributed by atoms with Crippen LogP contribution in [0.15, 0.2) is 97.3 Å². The van der Waals surface area contributed by atoms with Crippen molar-refractivity contribution in [3.05, 3.63) is 114 Å². The third-order valence-electron chi connectivity index (χ3n) is 5.78. The number of hydrogen-bond donors (Lipinski definition) is 1. The fraction of sp³-hybridized carbons (Fsp3) is 0.111. The molecular formula is C27H23N3O2. The van der Waals surface area contributed by atoms with E-state index in [1.54, 1.807) is 30.3 Å². The molecule has 0 saturated heterocycles. The number of para-hydroxylation sites is 2. The van der Waals surface area contributed by atoms with Crippen molar-refractivity contribution in [3.63, 3.8) is 0 Å². The van der Waals surface area contributed by atoms with Gasteiger partial charge in [0.05, 0.1) is 11.3 Å². The van der Waals surface area contributed by atoms with Gasteiger partial charge in [0.1, 0.15) is 0 Å². The fourth-order valence-electron chi connectivity index (χ4n) is 4.18. The van der Waals surface area contributed by atoms with Crippen LogP contribution in [-0.2, 0) is 6.42 Å². The van der Waals surface area contributed by atoms with Crippen molar-refractivity contribution in [2.24, 2.45) is 0 Å². The number of hydrogen-bond acceptors (Lipinski definition) is 2. The Morgan fingerprint density at radius 2 is 1.44 bits per heavy atom. The smallest absolute Gasteiger partial charge is 0.258 e. The molecule has 0 unspecified atom stereocenters. The number of fused-ring (bicyclic) bond motifs is 1. The zero-order chi connectivity index (χ0) is 21.9. The number of benzene rings is 3. The first-order chi connectivity index (χ1) is 15.7. The monoisotopic (exact) mass is 421 g/mol. The highest BCUT2D eigenvalue weighted by Crippen LogP contribution is 2.28. The highest BCUT2D eigenvalue weighted by atomic mass is 16.2. The molecule has 32 heavy (non-hydrogen) atoms. The minimum atomic E-state index is -0.196. The molecule has 4 aromatic rings. The summed E-state index contributed by atoms with van der Waals surface area (Å²) in [4.78, 5) is 27.9. The first-order valence-electron chi connectivity index (χ1n) is 10.7. The van der Waals surface area contributed by atoms with Gasteiger partial charge in [-0.2, -0.15) is 0 Å². The number of carbonyl (C=O) groups is 2. The van der Waals surface area contributed by atoms with Crippen LogP contribution in [0.1, 0.15) is 32.7 Å². The third kappa shape index (κ3) is 3.81. The van der Waals surface area contributed by atoms with E-state index in [1.807, 2.05) is 70.4 Å². The van der Waals surface area contributed by atoms with Gasteiger partial charge in [0.25, 0.3) is 11.8 Å². The van der Waals surface area contributed by atoms with Gasteiger partial charge in [0.15, 0.2) is 0 Å². The first kappa shape index (κ1) is 19.8. The molecule has 3 aromatic carbocycles. The normalized spacial score (nSPS) is 12.8. The van der Waals surface area contributed by atoms with Gasteiger partial charge in [-0.05, 0) is 73.0 Å². The Labute approximate surface area is 186 Å². The number of amides is 2. The van der Waals surface area contributed by atoms with E-state index < -0.39 is 0 Å². The van der Waals surface area contributed by atoms with Crippen molar-refractivity contribution in [2.75, 3.05) is 16.8 Å². The van der Waals surface area contributed by atoms with E-state index in [0.29, 0.717) is 23.4 Å². The van der Waals surface area contributed by atoms with E-state index >= 15 is 0 Å². The number of rotatable bonds is 4. The second-order valence-electron chi connectivity index (χ2n) is 7.83. The molecule has 1 aliphatic rings. The lowest BCUT2D eigenvalue weighted by Gasteiger charge is -2.29. The molecule has 0 fully saturated rings. The number of nitrogens with one attached hydrogen (secondary N) is 1. The molecule has 158 valence electrons. The second kappa shape index (κ2) is 8.55. The molecule has 0 aliphatic carbocycles. The molecule has 0 atom stereocenters. The minimum Gasteiger partial charge on any atom is -0.323 e. The van der Waals surface area contributed by atoms with Crippen molar-refractivity contribution in [2.45, 2.75) is 12.8 Å². The zero-order valence-electron chi connectivity index (χ0n) is 17.6. The lowest BCUT2D eigenvalue weighted by Crippen LogP contribution is -2.35. The topological polar surface area (TPSA) is 54.3 Å². The number of anilines is 2. The average Bonchev–Trinajstić information content (AvgIpc) is 3.39. The Balaban J connectivity index is 1.33. The van der Waals surface area contributed by atoms with Gasteiger partial charge < -0.3 is 14.8 Å². The summed E-state index contributed by atoms with van der Waals surface area (Å²) in [5.41, 5.74) is 4.83. The predicted molar refractivity (Wildman–Crippen MR) is 127 cm³/mol. The van der Waals surface area contributed by atoms with Gasteiger partial charge in [-0.25, -0.2) is 0 Å². The summed E-state index contributed by atoms with van der Waals surface area (Å²) in [5.74, 6) is -0.216. The van der Waals surface area contributed by atoms with Crippen LogP contribution in [0.4, 0.5) is 11.4 Å². The highest BCUT2D eigenvalue weighted by Gasteiger charge is 2.23. The number of aryl methyl sites for hydroxylation is 1. The van der Waals surface area contributed by atoms with Crippen LogP contribution in [0.3, 0.4) is 0 Å². The zero-order valence-corrected chi connectivity index (χ0v) is 17.6. The predicted octanol–water partition coefficient (Wildman–Crippen LogP) is 5.32. The molecular weight excluding hydrogens is 398 g/mol. The Kier molecular flexibility index (Phi) is 5.30. The van der Waals surface area contributed by atoms with E-state index in [4.69, 9.17) is 0 Å². The lowest BCUT2D eigenvalue weighted by atomic mass is 10.0. The molecule has 1 aliphatic heterocycles. The number of aromatic nitrogens is 1. The van der Waals surface area contributed by atoms with Crippen LogP contribution in [-0.4, -0.2) is 22.9 Å². The average molecular weight is 422 g/mol. The molecule has 5 nitrogen and oxygen atoms in total. The molecule has 5 heteroatoms. The highest BCUT2D eigenvalue weighted by molar-refractivity contribution is 6.08. The van der Waals surface area contributed by atoms with E-state index in [2.05, 4.69) is 11.4 Å². The Morgan fingerprint density at radius 1 is 0.750 bits per heavy atom. The Morgan fingerprint density at radius 3 is 2.22 bits per heavy atom. The third-order valence-corrected chi connectivity index (χ3v) is 5.78. The SMILES string of the molecule is O=C(Nc1ccc(C(=O)N2CCCc3ccccc32)cc1)c1ccccc1-n1cccc1. The summed E-state index contributed by atoms with van der Waals surface area (Å²) in [5, 5.41) is 2.94. The molecule has 0 bridgehead atoms. The number of carbonyl (C=O) groups excluding carboxylic acids is 2. The van der Waals surface area contributed by atoms with E-state index in [9.17, 15) is 9.59 Å². The van der Waals surface area contributed by atoms with Gasteiger partial charge in [-0.15, -0.1) is 0 Å². The summed E-state index contributed by atoms with van der Waals surface area (Å²) in [6.07, 6.45) is 5.77. The molecule has 2 heterocycles. The summed E-state index contributed by atoms with van der Waals surface area (Å²) >= 11 is 0. The van der Waals surface area contributed by atoms with Crippen LogP contribution in [0.25, 0.3) is 5.69 Å². The summed E-state index contributed by atoms with van der Waals surface area (Å²) < 4.78 is 1.91.